The van der Waals surface area contributed by atoms with Gasteiger partial charge in [0.25, 0.3) is 0 Å². The summed E-state index contributed by atoms with van der Waals surface area (Å²) < 4.78 is 10.5. The third-order valence-corrected chi connectivity index (χ3v) is 3.33. The number of nitrogens with zero attached hydrogens (tertiary/aromatic N) is 1. The first-order valence-corrected chi connectivity index (χ1v) is 6.50. The number of pyridine rings is 1. The van der Waals surface area contributed by atoms with Crippen molar-refractivity contribution in [3.8, 4) is 11.5 Å². The summed E-state index contributed by atoms with van der Waals surface area (Å²) in [5.41, 5.74) is 2.18. The lowest BCUT2D eigenvalue weighted by atomic mass is 9.93. The van der Waals surface area contributed by atoms with Gasteiger partial charge in [0.1, 0.15) is 0 Å². The first kappa shape index (κ1) is 14.3. The molecule has 0 spiro atoms. The highest BCUT2D eigenvalue weighted by Gasteiger charge is 2.14. The SMILES string of the molecule is COc1ccc(C(CO)Cc2ccncc2)cc1OC. The second-order valence-corrected chi connectivity index (χ2v) is 4.55. The van der Waals surface area contributed by atoms with E-state index in [4.69, 9.17) is 9.47 Å². The Morgan fingerprint density at radius 1 is 1.05 bits per heavy atom. The van der Waals surface area contributed by atoms with Crippen molar-refractivity contribution in [2.24, 2.45) is 0 Å². The monoisotopic (exact) mass is 273 g/mol. The summed E-state index contributed by atoms with van der Waals surface area (Å²) in [5, 5.41) is 9.64. The molecule has 1 heterocycles. The Kier molecular flexibility index (Phi) is 4.96. The predicted octanol–water partition coefficient (Wildman–Crippen LogP) is 2.42. The van der Waals surface area contributed by atoms with E-state index in [0.717, 1.165) is 17.5 Å². The summed E-state index contributed by atoms with van der Waals surface area (Å²) in [4.78, 5) is 4.00. The van der Waals surface area contributed by atoms with Crippen molar-refractivity contribution in [2.45, 2.75) is 12.3 Å². The van der Waals surface area contributed by atoms with Crippen molar-refractivity contribution in [1.29, 1.82) is 0 Å². The largest absolute Gasteiger partial charge is 0.493 e. The van der Waals surface area contributed by atoms with Gasteiger partial charge in [-0.1, -0.05) is 6.07 Å². The van der Waals surface area contributed by atoms with Crippen LogP contribution in [-0.4, -0.2) is 30.9 Å². The molecule has 1 N–H and O–H groups in total. The molecule has 2 aromatic rings. The second kappa shape index (κ2) is 6.91. The van der Waals surface area contributed by atoms with Crippen molar-refractivity contribution in [1.82, 2.24) is 4.98 Å². The van der Waals surface area contributed by atoms with Crippen molar-refractivity contribution < 1.29 is 14.6 Å². The summed E-state index contributed by atoms with van der Waals surface area (Å²) in [5.74, 6) is 1.40. The quantitative estimate of drug-likeness (QED) is 0.878. The molecule has 1 aromatic carbocycles. The maximum atomic E-state index is 9.64. The number of benzene rings is 1. The Morgan fingerprint density at radius 2 is 1.75 bits per heavy atom. The Morgan fingerprint density at radius 3 is 2.35 bits per heavy atom. The van der Waals surface area contributed by atoms with Gasteiger partial charge in [-0.3, -0.25) is 4.98 Å². The van der Waals surface area contributed by atoms with Crippen molar-refractivity contribution >= 4 is 0 Å². The number of methoxy groups -OCH3 is 2. The standard InChI is InChI=1S/C16H19NO3/c1-19-15-4-3-13(10-16(15)20-2)14(11-18)9-12-5-7-17-8-6-12/h3-8,10,14,18H,9,11H2,1-2H3. The van der Waals surface area contributed by atoms with Gasteiger partial charge in [0, 0.05) is 18.3 Å². The van der Waals surface area contributed by atoms with Gasteiger partial charge >= 0.3 is 0 Å². The number of rotatable bonds is 6. The summed E-state index contributed by atoms with van der Waals surface area (Å²) in [6, 6.07) is 9.67. The van der Waals surface area contributed by atoms with Crippen LogP contribution in [0.15, 0.2) is 42.7 Å². The summed E-state index contributed by atoms with van der Waals surface area (Å²) >= 11 is 0. The number of hydrogen-bond acceptors (Lipinski definition) is 4. The fraction of sp³-hybridized carbons (Fsp3) is 0.312. The molecule has 1 atom stereocenters. The van der Waals surface area contributed by atoms with E-state index >= 15 is 0 Å². The number of aliphatic hydroxyl groups excluding tert-OH is 1. The third-order valence-electron chi connectivity index (χ3n) is 3.33. The van der Waals surface area contributed by atoms with Gasteiger partial charge in [0.05, 0.1) is 20.8 Å². The van der Waals surface area contributed by atoms with Crippen molar-refractivity contribution in [2.75, 3.05) is 20.8 Å². The molecule has 106 valence electrons. The van der Waals surface area contributed by atoms with Crippen LogP contribution >= 0.6 is 0 Å². The van der Waals surface area contributed by atoms with Crippen LogP contribution in [0.3, 0.4) is 0 Å². The molecular formula is C16H19NO3. The third kappa shape index (κ3) is 3.27. The van der Waals surface area contributed by atoms with E-state index in [1.54, 1.807) is 26.6 Å². The maximum absolute atomic E-state index is 9.64. The van der Waals surface area contributed by atoms with Crippen LogP contribution in [-0.2, 0) is 6.42 Å². The Hall–Kier alpha value is -2.07. The molecule has 0 saturated carbocycles. The fourth-order valence-corrected chi connectivity index (χ4v) is 2.20. The molecule has 0 aliphatic rings. The Labute approximate surface area is 119 Å². The molecule has 1 unspecified atom stereocenters. The average Bonchev–Trinajstić information content (AvgIpc) is 2.53. The predicted molar refractivity (Wildman–Crippen MR) is 77.3 cm³/mol. The van der Waals surface area contributed by atoms with Gasteiger partial charge in [-0.2, -0.15) is 0 Å². The molecule has 0 saturated heterocycles. The smallest absolute Gasteiger partial charge is 0.160 e. The molecular weight excluding hydrogens is 254 g/mol. The zero-order valence-electron chi connectivity index (χ0n) is 11.7. The molecule has 2 rings (SSSR count). The van der Waals surface area contributed by atoms with Gasteiger partial charge in [0.15, 0.2) is 11.5 Å². The van der Waals surface area contributed by atoms with Gasteiger partial charge in [0.2, 0.25) is 0 Å². The topological polar surface area (TPSA) is 51.6 Å². The van der Waals surface area contributed by atoms with Crippen LogP contribution in [0.5, 0.6) is 11.5 Å². The number of aromatic nitrogens is 1. The van der Waals surface area contributed by atoms with Gasteiger partial charge in [-0.25, -0.2) is 0 Å². The molecule has 0 aliphatic heterocycles. The van der Waals surface area contributed by atoms with E-state index in [0.29, 0.717) is 11.5 Å². The normalized spacial score (nSPS) is 11.9. The summed E-state index contributed by atoms with van der Waals surface area (Å²) in [6.07, 6.45) is 4.28. The van der Waals surface area contributed by atoms with E-state index in [-0.39, 0.29) is 12.5 Å². The molecule has 0 aliphatic carbocycles. The summed E-state index contributed by atoms with van der Waals surface area (Å²) in [6.45, 7) is 0.0812. The minimum absolute atomic E-state index is 0.0252. The Bertz CT molecular complexity index is 543. The lowest BCUT2D eigenvalue weighted by molar-refractivity contribution is 0.264. The van der Waals surface area contributed by atoms with Crippen LogP contribution in [0, 0.1) is 0 Å². The molecule has 0 radical (unpaired) electrons. The molecule has 0 amide bonds. The number of hydrogen-bond donors (Lipinski definition) is 1. The highest BCUT2D eigenvalue weighted by Crippen LogP contribution is 2.31. The van der Waals surface area contributed by atoms with E-state index in [9.17, 15) is 5.11 Å². The zero-order chi connectivity index (χ0) is 14.4. The van der Waals surface area contributed by atoms with Crippen LogP contribution in [0.2, 0.25) is 0 Å². The van der Waals surface area contributed by atoms with Crippen LogP contribution in [0.4, 0.5) is 0 Å². The average molecular weight is 273 g/mol. The summed E-state index contributed by atoms with van der Waals surface area (Å²) in [7, 11) is 3.22. The zero-order valence-corrected chi connectivity index (χ0v) is 11.7. The fourth-order valence-electron chi connectivity index (χ4n) is 2.20. The van der Waals surface area contributed by atoms with Crippen LogP contribution in [0.25, 0.3) is 0 Å². The van der Waals surface area contributed by atoms with Gasteiger partial charge in [-0.15, -0.1) is 0 Å². The highest BCUT2D eigenvalue weighted by atomic mass is 16.5. The van der Waals surface area contributed by atoms with E-state index in [1.807, 2.05) is 30.3 Å². The molecule has 0 bridgehead atoms. The van der Waals surface area contributed by atoms with E-state index < -0.39 is 0 Å². The van der Waals surface area contributed by atoms with Crippen LogP contribution in [0.1, 0.15) is 17.0 Å². The van der Waals surface area contributed by atoms with Gasteiger partial charge < -0.3 is 14.6 Å². The van der Waals surface area contributed by atoms with E-state index in [1.165, 1.54) is 0 Å². The molecule has 0 fully saturated rings. The van der Waals surface area contributed by atoms with Gasteiger partial charge in [-0.05, 0) is 41.8 Å². The maximum Gasteiger partial charge on any atom is 0.160 e. The molecule has 20 heavy (non-hydrogen) atoms. The molecule has 4 heteroatoms. The lowest BCUT2D eigenvalue weighted by Gasteiger charge is -2.17. The van der Waals surface area contributed by atoms with Crippen LogP contribution < -0.4 is 9.47 Å². The molecule has 4 nitrogen and oxygen atoms in total. The minimum atomic E-state index is 0.0252. The number of ether oxygens (including phenoxy) is 2. The lowest BCUT2D eigenvalue weighted by Crippen LogP contribution is -2.08. The van der Waals surface area contributed by atoms with Crippen molar-refractivity contribution in [3.63, 3.8) is 0 Å². The first-order valence-electron chi connectivity index (χ1n) is 6.50. The second-order valence-electron chi connectivity index (χ2n) is 4.55. The van der Waals surface area contributed by atoms with Crippen molar-refractivity contribution in [3.05, 3.63) is 53.9 Å². The first-order chi connectivity index (χ1) is 9.78. The number of aliphatic hydroxyl groups is 1. The molecule has 1 aromatic heterocycles. The Balaban J connectivity index is 2.23. The highest BCUT2D eigenvalue weighted by molar-refractivity contribution is 5.44. The minimum Gasteiger partial charge on any atom is -0.493 e. The van der Waals surface area contributed by atoms with E-state index in [2.05, 4.69) is 4.98 Å².